The van der Waals surface area contributed by atoms with Crippen LogP contribution >= 0.6 is 0 Å². The average Bonchev–Trinajstić information content (AvgIpc) is 3.33. The number of aliphatic hydroxyl groups excluding tert-OH is 1. The van der Waals surface area contributed by atoms with Crippen molar-refractivity contribution in [2.24, 2.45) is 11.1 Å². The van der Waals surface area contributed by atoms with Crippen molar-refractivity contribution < 1.29 is 33.8 Å². The summed E-state index contributed by atoms with van der Waals surface area (Å²) in [5.74, 6) is -2.05. The molecule has 8 N–H and O–H groups in total. The quantitative estimate of drug-likeness (QED) is 0.103. The number of nitrogens with two attached hydrogens (primary N) is 1. The van der Waals surface area contributed by atoms with Crippen LogP contribution < -0.4 is 32.3 Å². The monoisotopic (exact) mass is 896 g/mol. The normalized spacial score (nSPS) is 21.7. The topological polar surface area (TPSA) is 228 Å². The van der Waals surface area contributed by atoms with E-state index in [2.05, 4.69) is 32.7 Å². The molecule has 2 aliphatic rings. The predicted octanol–water partition coefficient (Wildman–Crippen LogP) is 2.60. The standard InChI is InChI=1S/C51H60N8O7/c52-24-21-36-11-15-39(16-12-36)40-17-13-37(14-18-40)31-44-49(64)56-34-42-10-5-4-9-41(42)32-46(61)57-43(48(63)55-27-30-66-29-25-53)22-26-54-45(60)19-20-47(62)59-28-6-23-51(35-59,50(65)58-44)33-38-7-2-1-3-8-38/h1-5,7-20,43-45,54,60H,6,21-23,25-35,53H2,(H,55,63)(H,56,64)(H,57,61)(H,58,65)/b20-19+/t43-,44-,45?,51-/m0/s1. The second-order valence-corrected chi connectivity index (χ2v) is 16.8. The third-order valence-electron chi connectivity index (χ3n) is 11.9. The molecule has 1 saturated heterocycles. The minimum absolute atomic E-state index is 0.0493. The number of hydrogen-bond donors (Lipinski definition) is 7. The third kappa shape index (κ3) is 14.1. The van der Waals surface area contributed by atoms with Gasteiger partial charge in [-0.15, -0.1) is 0 Å². The summed E-state index contributed by atoms with van der Waals surface area (Å²) in [7, 11) is 0. The van der Waals surface area contributed by atoms with Gasteiger partial charge in [-0.1, -0.05) is 103 Å². The minimum Gasteiger partial charge on any atom is -0.378 e. The lowest BCUT2D eigenvalue weighted by atomic mass is 9.74. The van der Waals surface area contributed by atoms with Crippen molar-refractivity contribution in [3.05, 3.63) is 143 Å². The van der Waals surface area contributed by atoms with Gasteiger partial charge in [0.05, 0.1) is 37.5 Å². The highest BCUT2D eigenvalue weighted by Crippen LogP contribution is 2.35. The summed E-state index contributed by atoms with van der Waals surface area (Å²) < 4.78 is 5.38. The number of amides is 5. The van der Waals surface area contributed by atoms with Gasteiger partial charge in [0.2, 0.25) is 29.5 Å². The number of carbonyl (C=O) groups excluding carboxylic acids is 5. The molecule has 0 spiro atoms. The maximum absolute atomic E-state index is 14.9. The van der Waals surface area contributed by atoms with Crippen LogP contribution in [0.1, 0.15) is 47.1 Å². The van der Waals surface area contributed by atoms with E-state index in [1.54, 1.807) is 17.0 Å². The Morgan fingerprint density at radius 1 is 0.879 bits per heavy atom. The van der Waals surface area contributed by atoms with E-state index in [0.717, 1.165) is 27.8 Å². The van der Waals surface area contributed by atoms with Crippen LogP contribution in [0.3, 0.4) is 0 Å². The number of ether oxygens (including phenoxy) is 1. The van der Waals surface area contributed by atoms with Gasteiger partial charge in [0.1, 0.15) is 18.3 Å². The van der Waals surface area contributed by atoms with Crippen LogP contribution in [0.5, 0.6) is 0 Å². The largest absolute Gasteiger partial charge is 0.378 e. The molecule has 5 amide bonds. The molecule has 15 heteroatoms. The Labute approximate surface area is 386 Å². The van der Waals surface area contributed by atoms with Gasteiger partial charge in [-0.25, -0.2) is 0 Å². The highest BCUT2D eigenvalue weighted by Gasteiger charge is 2.44. The van der Waals surface area contributed by atoms with E-state index in [4.69, 9.17) is 15.7 Å². The van der Waals surface area contributed by atoms with Crippen molar-refractivity contribution in [3.8, 4) is 17.2 Å². The summed E-state index contributed by atoms with van der Waals surface area (Å²) in [4.78, 5) is 71.7. The van der Waals surface area contributed by atoms with Gasteiger partial charge in [-0.05, 0) is 70.7 Å². The third-order valence-corrected chi connectivity index (χ3v) is 11.9. The Morgan fingerprint density at radius 3 is 2.29 bits per heavy atom. The number of nitriles is 1. The number of fused-ring (bicyclic) bond motifs is 3. The summed E-state index contributed by atoms with van der Waals surface area (Å²) in [5, 5.41) is 34.6. The van der Waals surface area contributed by atoms with Crippen molar-refractivity contribution in [1.82, 2.24) is 31.5 Å². The van der Waals surface area contributed by atoms with Gasteiger partial charge in [-0.2, -0.15) is 5.26 Å². The first-order chi connectivity index (χ1) is 32.1. The molecular formula is C51H60N8O7. The van der Waals surface area contributed by atoms with Crippen LogP contribution in [0.4, 0.5) is 0 Å². The zero-order valence-corrected chi connectivity index (χ0v) is 37.2. The van der Waals surface area contributed by atoms with E-state index in [0.29, 0.717) is 56.5 Å². The van der Waals surface area contributed by atoms with E-state index in [9.17, 15) is 29.1 Å². The average molecular weight is 897 g/mol. The second-order valence-electron chi connectivity index (χ2n) is 16.8. The number of carbonyl (C=O) groups is 5. The number of nitrogens with zero attached hydrogens (tertiary/aromatic N) is 2. The van der Waals surface area contributed by atoms with Crippen LogP contribution in [-0.4, -0.2) is 104 Å². The molecule has 66 heavy (non-hydrogen) atoms. The molecule has 0 saturated carbocycles. The van der Waals surface area contributed by atoms with Crippen LogP contribution in [0, 0.1) is 16.7 Å². The van der Waals surface area contributed by atoms with E-state index >= 15 is 0 Å². The van der Waals surface area contributed by atoms with Crippen molar-refractivity contribution >= 4 is 29.5 Å². The molecule has 2 aliphatic heterocycles. The number of piperidine rings is 1. The summed E-state index contributed by atoms with van der Waals surface area (Å²) in [6.07, 6.45) is 3.14. The molecule has 6 rings (SSSR count). The maximum atomic E-state index is 14.9. The van der Waals surface area contributed by atoms with Crippen LogP contribution in [0.25, 0.3) is 11.1 Å². The number of rotatable bonds is 12. The first kappa shape index (κ1) is 48.7. The fraction of sp³-hybridized carbons (Fsp3) is 0.373. The zero-order chi connectivity index (χ0) is 46.7. The lowest BCUT2D eigenvalue weighted by Crippen LogP contribution is -2.58. The van der Waals surface area contributed by atoms with Crippen molar-refractivity contribution in [2.75, 3.05) is 45.9 Å². The van der Waals surface area contributed by atoms with Crippen molar-refractivity contribution in [2.45, 2.75) is 69.8 Å². The summed E-state index contributed by atoms with van der Waals surface area (Å²) in [6, 6.07) is 32.5. The predicted molar refractivity (Wildman–Crippen MR) is 250 cm³/mol. The zero-order valence-electron chi connectivity index (χ0n) is 37.2. The first-order valence-electron chi connectivity index (χ1n) is 22.5. The van der Waals surface area contributed by atoms with Gasteiger partial charge < -0.3 is 41.7 Å². The summed E-state index contributed by atoms with van der Waals surface area (Å²) in [6.45, 7) is 1.74. The van der Waals surface area contributed by atoms with Gasteiger partial charge in [-0.3, -0.25) is 29.3 Å². The maximum Gasteiger partial charge on any atom is 0.246 e. The smallest absolute Gasteiger partial charge is 0.246 e. The van der Waals surface area contributed by atoms with Crippen molar-refractivity contribution in [3.63, 3.8) is 0 Å². The lowest BCUT2D eigenvalue weighted by molar-refractivity contribution is -0.141. The van der Waals surface area contributed by atoms with Crippen LogP contribution in [0.15, 0.2) is 115 Å². The Hall–Kier alpha value is -6.70. The summed E-state index contributed by atoms with van der Waals surface area (Å²) >= 11 is 0. The Balaban J connectivity index is 1.30. The van der Waals surface area contributed by atoms with E-state index in [1.807, 2.05) is 91.0 Å². The molecule has 4 aromatic rings. The molecule has 4 aromatic carbocycles. The molecule has 346 valence electrons. The highest BCUT2D eigenvalue weighted by molar-refractivity contribution is 5.93. The summed E-state index contributed by atoms with van der Waals surface area (Å²) in [5.41, 5.74) is 10.3. The van der Waals surface area contributed by atoms with E-state index in [-0.39, 0.29) is 58.0 Å². The van der Waals surface area contributed by atoms with Crippen molar-refractivity contribution in [1.29, 1.82) is 5.26 Å². The van der Waals surface area contributed by atoms with Crippen LogP contribution in [-0.2, 0) is 60.9 Å². The molecular weight excluding hydrogens is 837 g/mol. The fourth-order valence-corrected chi connectivity index (χ4v) is 8.38. The van der Waals surface area contributed by atoms with Gasteiger partial charge >= 0.3 is 0 Å². The molecule has 2 heterocycles. The SMILES string of the molecule is N#CCc1ccc(-c2ccc(C[C@@H]3NC(=O)[C@]4(Cc5ccccc5)CCCN(C4)C(=O)/C=C/C(O)NCC[C@@H](C(=O)NCCOCCN)NC(=O)Cc4ccccc4CNC3=O)cc2)cc1. The molecule has 0 aromatic heterocycles. The number of hydrogen-bond acceptors (Lipinski definition) is 10. The molecule has 0 radical (unpaired) electrons. The van der Waals surface area contributed by atoms with E-state index < -0.39 is 47.4 Å². The molecule has 1 unspecified atom stereocenters. The molecule has 1 fully saturated rings. The van der Waals surface area contributed by atoms with E-state index in [1.165, 1.54) is 12.2 Å². The highest BCUT2D eigenvalue weighted by atomic mass is 16.5. The van der Waals surface area contributed by atoms with Gasteiger partial charge in [0.15, 0.2) is 0 Å². The minimum atomic E-state index is -1.26. The Bertz CT molecular complexity index is 2330. The van der Waals surface area contributed by atoms with Gasteiger partial charge in [0.25, 0.3) is 0 Å². The number of benzene rings is 4. The number of aliphatic hydroxyl groups is 1. The first-order valence-corrected chi connectivity index (χ1v) is 22.5. The Morgan fingerprint density at radius 2 is 1.58 bits per heavy atom. The molecule has 15 nitrogen and oxygen atoms in total. The van der Waals surface area contributed by atoms with Gasteiger partial charge in [0, 0.05) is 51.8 Å². The lowest BCUT2D eigenvalue weighted by Gasteiger charge is -2.42. The number of nitrogens with one attached hydrogen (secondary N) is 5. The second kappa shape index (κ2) is 24.6. The molecule has 0 aliphatic carbocycles. The fourth-order valence-electron chi connectivity index (χ4n) is 8.38. The molecule has 2 bridgehead atoms. The Kier molecular flexibility index (Phi) is 18.1. The van der Waals surface area contributed by atoms with Crippen LogP contribution in [0.2, 0.25) is 0 Å². The molecule has 4 atom stereocenters.